The smallest absolute Gasteiger partial charge is 0.0359 e. The summed E-state index contributed by atoms with van der Waals surface area (Å²) in [5, 5.41) is 0. The first-order valence-electron chi connectivity index (χ1n) is 6.77. The zero-order valence-electron chi connectivity index (χ0n) is 11.0. The molecule has 1 aliphatic carbocycles. The van der Waals surface area contributed by atoms with Crippen molar-refractivity contribution in [3.8, 4) is 0 Å². The summed E-state index contributed by atoms with van der Waals surface area (Å²) in [6.07, 6.45) is 5.48. The Bertz CT molecular complexity index is 354. The first-order valence-corrected chi connectivity index (χ1v) is 6.77. The molecule has 94 valence electrons. The molecular weight excluding hydrogens is 208 g/mol. The molecule has 0 atom stereocenters. The lowest BCUT2D eigenvalue weighted by Crippen LogP contribution is -2.38. The highest BCUT2D eigenvalue weighted by atomic mass is 15.2. The number of nitrogens with zero attached hydrogens (tertiary/aromatic N) is 1. The molecule has 0 heterocycles. The number of benzene rings is 1. The highest BCUT2D eigenvalue weighted by Gasteiger charge is 2.24. The molecule has 0 amide bonds. The van der Waals surface area contributed by atoms with Crippen molar-refractivity contribution < 1.29 is 0 Å². The molecule has 17 heavy (non-hydrogen) atoms. The van der Waals surface area contributed by atoms with Crippen LogP contribution in [0.5, 0.6) is 0 Å². The molecule has 0 bridgehead atoms. The largest absolute Gasteiger partial charge is 0.398 e. The Balaban J connectivity index is 2.10. The van der Waals surface area contributed by atoms with Gasteiger partial charge >= 0.3 is 0 Å². The minimum Gasteiger partial charge on any atom is -0.398 e. The molecule has 0 aromatic heterocycles. The maximum absolute atomic E-state index is 6.04. The van der Waals surface area contributed by atoms with Gasteiger partial charge in [-0.2, -0.15) is 0 Å². The fourth-order valence-electron chi connectivity index (χ4n) is 2.84. The summed E-state index contributed by atoms with van der Waals surface area (Å²) < 4.78 is 0. The predicted octanol–water partition coefficient (Wildman–Crippen LogP) is 3.42. The van der Waals surface area contributed by atoms with Gasteiger partial charge in [0.25, 0.3) is 0 Å². The molecule has 0 unspecified atom stereocenters. The minimum absolute atomic E-state index is 0.595. The average molecular weight is 232 g/mol. The van der Waals surface area contributed by atoms with E-state index < -0.39 is 0 Å². The van der Waals surface area contributed by atoms with Gasteiger partial charge in [0.05, 0.1) is 0 Å². The fourth-order valence-corrected chi connectivity index (χ4v) is 2.84. The zero-order valence-corrected chi connectivity index (χ0v) is 11.0. The molecule has 0 saturated heterocycles. The van der Waals surface area contributed by atoms with Gasteiger partial charge in [-0.1, -0.05) is 31.0 Å². The van der Waals surface area contributed by atoms with E-state index in [1.807, 2.05) is 12.1 Å². The average Bonchev–Trinajstić information content (AvgIpc) is 2.81. The Morgan fingerprint density at radius 1 is 1.24 bits per heavy atom. The Labute approximate surface area is 105 Å². The molecule has 1 fully saturated rings. The van der Waals surface area contributed by atoms with E-state index in [9.17, 15) is 0 Å². The highest BCUT2D eigenvalue weighted by molar-refractivity contribution is 5.46. The second kappa shape index (κ2) is 5.54. The number of nitrogens with two attached hydrogens (primary N) is 1. The van der Waals surface area contributed by atoms with Gasteiger partial charge in [-0.15, -0.1) is 0 Å². The van der Waals surface area contributed by atoms with Crippen LogP contribution in [0.2, 0.25) is 0 Å². The minimum atomic E-state index is 0.595. The SMILES string of the molecule is CC(C)N(Cc1ccccc1N)C1CCCC1. The van der Waals surface area contributed by atoms with E-state index in [4.69, 9.17) is 5.73 Å². The third-order valence-electron chi connectivity index (χ3n) is 3.87. The van der Waals surface area contributed by atoms with Gasteiger partial charge in [-0.05, 0) is 38.3 Å². The highest BCUT2D eigenvalue weighted by Crippen LogP contribution is 2.27. The zero-order chi connectivity index (χ0) is 12.3. The summed E-state index contributed by atoms with van der Waals surface area (Å²) in [4.78, 5) is 2.61. The van der Waals surface area contributed by atoms with Crippen molar-refractivity contribution in [2.45, 2.75) is 58.2 Å². The van der Waals surface area contributed by atoms with E-state index >= 15 is 0 Å². The van der Waals surface area contributed by atoms with Crippen LogP contribution in [0.1, 0.15) is 45.1 Å². The molecule has 1 aromatic rings. The Morgan fingerprint density at radius 3 is 2.47 bits per heavy atom. The second-order valence-corrected chi connectivity index (χ2v) is 5.40. The van der Waals surface area contributed by atoms with Crippen molar-refractivity contribution in [1.82, 2.24) is 4.90 Å². The molecule has 2 nitrogen and oxygen atoms in total. The van der Waals surface area contributed by atoms with Crippen LogP contribution in [-0.4, -0.2) is 17.0 Å². The molecule has 0 aliphatic heterocycles. The summed E-state index contributed by atoms with van der Waals surface area (Å²) in [6, 6.07) is 9.60. The molecular formula is C15H24N2. The predicted molar refractivity (Wildman–Crippen MR) is 73.8 cm³/mol. The molecule has 0 spiro atoms. The molecule has 2 N–H and O–H groups in total. The number of hydrogen-bond acceptors (Lipinski definition) is 2. The molecule has 0 radical (unpaired) electrons. The van der Waals surface area contributed by atoms with Crippen molar-refractivity contribution >= 4 is 5.69 Å². The third-order valence-corrected chi connectivity index (χ3v) is 3.87. The van der Waals surface area contributed by atoms with Gasteiger partial charge < -0.3 is 5.73 Å². The second-order valence-electron chi connectivity index (χ2n) is 5.40. The normalized spacial score (nSPS) is 17.2. The van der Waals surface area contributed by atoms with Gasteiger partial charge in [-0.3, -0.25) is 4.90 Å². The molecule has 1 aromatic carbocycles. The number of anilines is 1. The van der Waals surface area contributed by atoms with Gasteiger partial charge in [0, 0.05) is 24.3 Å². The molecule has 2 rings (SSSR count). The maximum atomic E-state index is 6.04. The van der Waals surface area contributed by atoms with E-state index in [1.165, 1.54) is 31.2 Å². The Morgan fingerprint density at radius 2 is 1.88 bits per heavy atom. The first kappa shape index (κ1) is 12.4. The van der Waals surface area contributed by atoms with E-state index in [-0.39, 0.29) is 0 Å². The van der Waals surface area contributed by atoms with Crippen LogP contribution in [0.25, 0.3) is 0 Å². The third kappa shape index (κ3) is 3.01. The van der Waals surface area contributed by atoms with Crippen LogP contribution in [-0.2, 0) is 6.54 Å². The van der Waals surface area contributed by atoms with Gasteiger partial charge in [0.2, 0.25) is 0 Å². The van der Waals surface area contributed by atoms with Crippen molar-refractivity contribution in [3.63, 3.8) is 0 Å². The summed E-state index contributed by atoms with van der Waals surface area (Å²) >= 11 is 0. The topological polar surface area (TPSA) is 29.3 Å². The number of nitrogen functional groups attached to an aromatic ring is 1. The quantitative estimate of drug-likeness (QED) is 0.806. The summed E-state index contributed by atoms with van der Waals surface area (Å²) in [5.41, 5.74) is 8.24. The molecule has 1 aliphatic rings. The van der Waals surface area contributed by atoms with Crippen LogP contribution in [0.15, 0.2) is 24.3 Å². The fraction of sp³-hybridized carbons (Fsp3) is 0.600. The Kier molecular flexibility index (Phi) is 4.06. The number of hydrogen-bond donors (Lipinski definition) is 1. The summed E-state index contributed by atoms with van der Waals surface area (Å²) in [6.45, 7) is 5.57. The summed E-state index contributed by atoms with van der Waals surface area (Å²) in [5.74, 6) is 0. The van der Waals surface area contributed by atoms with Crippen molar-refractivity contribution in [3.05, 3.63) is 29.8 Å². The number of rotatable bonds is 4. The van der Waals surface area contributed by atoms with Crippen LogP contribution < -0.4 is 5.73 Å². The van der Waals surface area contributed by atoms with Crippen molar-refractivity contribution in [2.75, 3.05) is 5.73 Å². The van der Waals surface area contributed by atoms with Crippen LogP contribution >= 0.6 is 0 Å². The van der Waals surface area contributed by atoms with Crippen LogP contribution in [0, 0.1) is 0 Å². The van der Waals surface area contributed by atoms with E-state index in [2.05, 4.69) is 30.9 Å². The lowest BCUT2D eigenvalue weighted by atomic mass is 10.1. The van der Waals surface area contributed by atoms with Crippen LogP contribution in [0.3, 0.4) is 0 Å². The van der Waals surface area contributed by atoms with Gasteiger partial charge in [0.1, 0.15) is 0 Å². The van der Waals surface area contributed by atoms with E-state index in [0.717, 1.165) is 18.3 Å². The Hall–Kier alpha value is -1.02. The van der Waals surface area contributed by atoms with Crippen molar-refractivity contribution in [2.24, 2.45) is 0 Å². The monoisotopic (exact) mass is 232 g/mol. The number of para-hydroxylation sites is 1. The standard InChI is InChI=1S/C15H24N2/c1-12(2)17(14-8-4-5-9-14)11-13-7-3-6-10-15(13)16/h3,6-7,10,12,14H,4-5,8-9,11,16H2,1-2H3. The molecule has 2 heteroatoms. The van der Waals surface area contributed by atoms with Gasteiger partial charge in [-0.25, -0.2) is 0 Å². The van der Waals surface area contributed by atoms with E-state index in [1.54, 1.807) is 0 Å². The molecule has 1 saturated carbocycles. The maximum Gasteiger partial charge on any atom is 0.0359 e. The lowest BCUT2D eigenvalue weighted by Gasteiger charge is -2.33. The van der Waals surface area contributed by atoms with Gasteiger partial charge in [0.15, 0.2) is 0 Å². The van der Waals surface area contributed by atoms with E-state index in [0.29, 0.717) is 6.04 Å². The van der Waals surface area contributed by atoms with Crippen molar-refractivity contribution in [1.29, 1.82) is 0 Å². The van der Waals surface area contributed by atoms with Crippen LogP contribution in [0.4, 0.5) is 5.69 Å². The lowest BCUT2D eigenvalue weighted by molar-refractivity contribution is 0.146. The summed E-state index contributed by atoms with van der Waals surface area (Å²) in [7, 11) is 0. The first-order chi connectivity index (χ1) is 8.18.